The van der Waals surface area contributed by atoms with Gasteiger partial charge in [0.25, 0.3) is 5.91 Å². The third-order valence-corrected chi connectivity index (χ3v) is 4.33. The number of amides is 1. The maximum atomic E-state index is 12.5. The highest BCUT2D eigenvalue weighted by Crippen LogP contribution is 2.20. The van der Waals surface area contributed by atoms with E-state index in [4.69, 9.17) is 4.74 Å². The second-order valence-corrected chi connectivity index (χ2v) is 6.13. The Morgan fingerprint density at radius 1 is 1.40 bits per heavy atom. The van der Waals surface area contributed by atoms with Gasteiger partial charge in [-0.25, -0.2) is 0 Å². The van der Waals surface area contributed by atoms with E-state index in [1.165, 1.54) is 6.92 Å². The third-order valence-electron chi connectivity index (χ3n) is 4.33. The van der Waals surface area contributed by atoms with Crippen molar-refractivity contribution in [2.45, 2.75) is 32.4 Å². The molecule has 1 unspecified atom stereocenters. The molecule has 25 heavy (non-hydrogen) atoms. The fourth-order valence-corrected chi connectivity index (χ4v) is 2.95. The largest absolute Gasteiger partial charge is 0.487 e. The Balaban J connectivity index is 1.63. The molecule has 1 saturated heterocycles. The summed E-state index contributed by atoms with van der Waals surface area (Å²) in [7, 11) is 0. The number of hydrogen-bond acceptors (Lipinski definition) is 5. The Hall–Kier alpha value is -2.67. The normalized spacial score (nSPS) is 16.9. The molecule has 2 aromatic rings. The van der Waals surface area contributed by atoms with E-state index < -0.39 is 0 Å². The maximum Gasteiger partial charge on any atom is 0.274 e. The van der Waals surface area contributed by atoms with Crippen LogP contribution in [0.4, 0.5) is 0 Å². The van der Waals surface area contributed by atoms with E-state index in [1.807, 2.05) is 0 Å². The van der Waals surface area contributed by atoms with Gasteiger partial charge in [-0.1, -0.05) is 12.1 Å². The van der Waals surface area contributed by atoms with Gasteiger partial charge in [0.2, 0.25) is 0 Å². The zero-order chi connectivity index (χ0) is 17.8. The number of carbonyl (C=O) groups is 2. The highest BCUT2D eigenvalue weighted by molar-refractivity contribution is 5.94. The smallest absolute Gasteiger partial charge is 0.274 e. The molecule has 132 valence electrons. The van der Waals surface area contributed by atoms with E-state index in [9.17, 15) is 14.7 Å². The molecule has 0 saturated carbocycles. The van der Waals surface area contributed by atoms with E-state index >= 15 is 0 Å². The van der Waals surface area contributed by atoms with Crippen molar-refractivity contribution in [2.75, 3.05) is 13.2 Å². The zero-order valence-corrected chi connectivity index (χ0v) is 14.1. The molecule has 0 aliphatic carbocycles. The lowest BCUT2D eigenvalue weighted by Gasteiger charge is -2.21. The first-order valence-corrected chi connectivity index (χ1v) is 8.28. The number of aliphatic hydroxyl groups is 1. The number of aromatic amines is 1. The van der Waals surface area contributed by atoms with Crippen molar-refractivity contribution in [3.05, 3.63) is 47.3 Å². The number of nitrogens with one attached hydrogen (secondary N) is 1. The van der Waals surface area contributed by atoms with Crippen molar-refractivity contribution in [1.82, 2.24) is 15.1 Å². The van der Waals surface area contributed by atoms with Gasteiger partial charge in [-0.05, 0) is 38.0 Å². The summed E-state index contributed by atoms with van der Waals surface area (Å²) in [6.45, 7) is 2.33. The highest BCUT2D eigenvalue weighted by Gasteiger charge is 2.30. The quantitative estimate of drug-likeness (QED) is 0.780. The molecule has 2 heterocycles. The number of ketones is 1. The Morgan fingerprint density at radius 3 is 3.00 bits per heavy atom. The van der Waals surface area contributed by atoms with Crippen molar-refractivity contribution in [1.29, 1.82) is 0 Å². The number of Topliss-reactive ketones (excluding diaryl/α,β-unsaturated/α-hetero) is 1. The van der Waals surface area contributed by atoms with Crippen molar-refractivity contribution >= 4 is 11.7 Å². The summed E-state index contributed by atoms with van der Waals surface area (Å²) in [5, 5.41) is 16.2. The second kappa shape index (κ2) is 7.48. The number of likely N-dealkylation sites (tertiary alicyclic amines) is 1. The highest BCUT2D eigenvalue weighted by atomic mass is 16.5. The van der Waals surface area contributed by atoms with Crippen LogP contribution in [-0.4, -0.2) is 51.1 Å². The molecule has 7 heteroatoms. The average molecular weight is 343 g/mol. The van der Waals surface area contributed by atoms with Crippen LogP contribution in [0.15, 0.2) is 30.3 Å². The van der Waals surface area contributed by atoms with Gasteiger partial charge in [-0.2, -0.15) is 5.10 Å². The predicted octanol–water partition coefficient (Wildman–Crippen LogP) is 1.79. The van der Waals surface area contributed by atoms with Crippen molar-refractivity contribution in [3.63, 3.8) is 0 Å². The number of ether oxygens (including phenoxy) is 1. The van der Waals surface area contributed by atoms with Gasteiger partial charge in [0.15, 0.2) is 11.5 Å². The van der Waals surface area contributed by atoms with Crippen LogP contribution in [0.1, 0.15) is 46.3 Å². The van der Waals surface area contributed by atoms with Crippen LogP contribution in [0.3, 0.4) is 0 Å². The summed E-state index contributed by atoms with van der Waals surface area (Å²) in [6.07, 6.45) is 1.71. The van der Waals surface area contributed by atoms with E-state index in [-0.39, 0.29) is 30.9 Å². The molecule has 0 radical (unpaired) electrons. The molecule has 1 aliphatic rings. The van der Waals surface area contributed by atoms with Gasteiger partial charge >= 0.3 is 0 Å². The molecule has 1 atom stereocenters. The number of rotatable bonds is 6. The molecular formula is C18H21N3O4. The van der Waals surface area contributed by atoms with E-state index in [0.717, 1.165) is 12.8 Å². The van der Waals surface area contributed by atoms with Gasteiger partial charge in [0.05, 0.1) is 18.3 Å². The number of nitrogens with zero attached hydrogens (tertiary/aromatic N) is 2. The molecule has 0 bridgehead atoms. The van der Waals surface area contributed by atoms with Crippen molar-refractivity contribution in [2.24, 2.45) is 0 Å². The number of H-pyrrole nitrogens is 1. The van der Waals surface area contributed by atoms with Gasteiger partial charge in [-0.3, -0.25) is 14.7 Å². The number of aromatic nitrogens is 2. The van der Waals surface area contributed by atoms with Gasteiger partial charge in [0.1, 0.15) is 12.4 Å². The third kappa shape index (κ3) is 3.88. The fraction of sp³-hybridized carbons (Fsp3) is 0.389. The summed E-state index contributed by atoms with van der Waals surface area (Å²) in [5.74, 6) is 0.372. The van der Waals surface area contributed by atoms with Gasteiger partial charge in [-0.15, -0.1) is 0 Å². The summed E-state index contributed by atoms with van der Waals surface area (Å²) < 4.78 is 5.66. The van der Waals surface area contributed by atoms with E-state index in [1.54, 1.807) is 35.2 Å². The van der Waals surface area contributed by atoms with Gasteiger partial charge < -0.3 is 14.7 Å². The molecule has 1 aromatic carbocycles. The minimum atomic E-state index is -0.183. The second-order valence-electron chi connectivity index (χ2n) is 6.13. The minimum absolute atomic E-state index is 0.0241. The monoisotopic (exact) mass is 343 g/mol. The fourth-order valence-electron chi connectivity index (χ4n) is 2.95. The molecule has 1 aromatic heterocycles. The summed E-state index contributed by atoms with van der Waals surface area (Å²) in [6, 6.07) is 8.47. The summed E-state index contributed by atoms with van der Waals surface area (Å²) >= 11 is 0. The molecular weight excluding hydrogens is 322 g/mol. The van der Waals surface area contributed by atoms with E-state index in [0.29, 0.717) is 29.2 Å². The predicted molar refractivity (Wildman–Crippen MR) is 90.5 cm³/mol. The number of carbonyl (C=O) groups excluding carboxylic acids is 2. The molecule has 1 fully saturated rings. The lowest BCUT2D eigenvalue weighted by molar-refractivity contribution is 0.0671. The Bertz CT molecular complexity index is 771. The molecule has 1 amide bonds. The zero-order valence-electron chi connectivity index (χ0n) is 14.1. The maximum absolute atomic E-state index is 12.5. The summed E-state index contributed by atoms with van der Waals surface area (Å²) in [4.78, 5) is 25.5. The Kier molecular flexibility index (Phi) is 5.14. The standard InChI is InChI=1S/C18H21N3O4/c1-12(23)13-4-2-6-16(8-13)25-11-14-9-17(20-19-14)18(24)21-7-3-5-15(21)10-22/h2,4,6,8-9,15,22H,3,5,7,10-11H2,1H3,(H,19,20). The van der Waals surface area contributed by atoms with Crippen molar-refractivity contribution in [3.8, 4) is 5.75 Å². The summed E-state index contributed by atoms with van der Waals surface area (Å²) in [5.41, 5.74) is 1.56. The van der Waals surface area contributed by atoms with Crippen LogP contribution in [0, 0.1) is 0 Å². The Morgan fingerprint density at radius 2 is 2.24 bits per heavy atom. The lowest BCUT2D eigenvalue weighted by Crippen LogP contribution is -2.37. The SMILES string of the molecule is CC(=O)c1cccc(OCc2cc(C(=O)N3CCCC3CO)n[nH]2)c1. The van der Waals surface area contributed by atoms with Gasteiger partial charge in [0, 0.05) is 12.1 Å². The van der Waals surface area contributed by atoms with Crippen LogP contribution in [-0.2, 0) is 6.61 Å². The molecule has 2 N–H and O–H groups in total. The molecule has 0 spiro atoms. The number of hydrogen-bond donors (Lipinski definition) is 2. The average Bonchev–Trinajstić information content (AvgIpc) is 3.28. The molecule has 7 nitrogen and oxygen atoms in total. The minimum Gasteiger partial charge on any atom is -0.487 e. The number of aliphatic hydroxyl groups excluding tert-OH is 1. The van der Waals surface area contributed by atoms with E-state index in [2.05, 4.69) is 10.2 Å². The topological polar surface area (TPSA) is 95.5 Å². The van der Waals surface area contributed by atoms with Crippen molar-refractivity contribution < 1.29 is 19.4 Å². The van der Waals surface area contributed by atoms with Crippen LogP contribution in [0.25, 0.3) is 0 Å². The van der Waals surface area contributed by atoms with Crippen LogP contribution >= 0.6 is 0 Å². The first kappa shape index (κ1) is 17.2. The molecule has 3 rings (SSSR count). The van der Waals surface area contributed by atoms with Crippen LogP contribution in [0.2, 0.25) is 0 Å². The first-order chi connectivity index (χ1) is 12.1. The lowest BCUT2D eigenvalue weighted by atomic mass is 10.1. The Labute approximate surface area is 145 Å². The van der Waals surface area contributed by atoms with Crippen LogP contribution in [0.5, 0.6) is 5.75 Å². The number of benzene rings is 1. The molecule has 1 aliphatic heterocycles. The van der Waals surface area contributed by atoms with Crippen LogP contribution < -0.4 is 4.74 Å². The first-order valence-electron chi connectivity index (χ1n) is 8.28.